The van der Waals surface area contributed by atoms with Crippen molar-refractivity contribution in [3.63, 3.8) is 0 Å². The molecule has 0 aliphatic heterocycles. The topological polar surface area (TPSA) is 69.0 Å². The van der Waals surface area contributed by atoms with Crippen LogP contribution in [0.25, 0.3) is 16.4 Å². The summed E-state index contributed by atoms with van der Waals surface area (Å²) in [6.45, 7) is 3.91. The van der Waals surface area contributed by atoms with E-state index in [-0.39, 0.29) is 5.91 Å². The van der Waals surface area contributed by atoms with Crippen molar-refractivity contribution in [1.82, 2.24) is 14.8 Å². The maximum Gasteiger partial charge on any atom is 0.260 e. The number of hydrogen-bond acceptors (Lipinski definition) is 5. The molecule has 6 nitrogen and oxygen atoms in total. The van der Waals surface area contributed by atoms with Crippen molar-refractivity contribution in [2.24, 2.45) is 0 Å². The molecule has 0 saturated carbocycles. The summed E-state index contributed by atoms with van der Waals surface area (Å²) in [4.78, 5) is 17.6. The van der Waals surface area contributed by atoms with Crippen LogP contribution < -0.4 is 10.1 Å². The highest BCUT2D eigenvalue weighted by Crippen LogP contribution is 2.28. The average molecular weight is 439 g/mol. The van der Waals surface area contributed by atoms with E-state index in [0.29, 0.717) is 27.3 Å². The summed E-state index contributed by atoms with van der Waals surface area (Å²) in [6.07, 6.45) is 0. The van der Waals surface area contributed by atoms with Crippen LogP contribution in [-0.4, -0.2) is 27.8 Å². The van der Waals surface area contributed by atoms with Gasteiger partial charge in [0.2, 0.25) is 5.13 Å². The third-order valence-corrected chi connectivity index (χ3v) is 5.55. The van der Waals surface area contributed by atoms with Gasteiger partial charge in [-0.15, -0.1) is 11.3 Å². The van der Waals surface area contributed by atoms with E-state index >= 15 is 0 Å². The first kappa shape index (κ1) is 20.1. The van der Waals surface area contributed by atoms with Crippen molar-refractivity contribution >= 4 is 34.7 Å². The van der Waals surface area contributed by atoms with Gasteiger partial charge in [-0.25, -0.2) is 4.98 Å². The first-order valence-electron chi connectivity index (χ1n) is 9.19. The number of hydrogen-bond donors (Lipinski definition) is 1. The number of carbonyl (C=O) groups excluding carboxylic acids is 1. The van der Waals surface area contributed by atoms with Gasteiger partial charge in [0, 0.05) is 22.0 Å². The Kier molecular flexibility index (Phi) is 5.57. The maximum atomic E-state index is 12.9. The van der Waals surface area contributed by atoms with E-state index in [1.54, 1.807) is 28.9 Å². The Morgan fingerprint density at radius 2 is 1.90 bits per heavy atom. The summed E-state index contributed by atoms with van der Waals surface area (Å²) in [5.74, 6) is 0.616. The van der Waals surface area contributed by atoms with Gasteiger partial charge < -0.3 is 10.1 Å². The molecule has 0 atom stereocenters. The van der Waals surface area contributed by atoms with Crippen LogP contribution in [0, 0.1) is 13.8 Å². The number of nitrogens with one attached hydrogen (secondary N) is 1. The molecule has 8 heteroatoms. The summed E-state index contributed by atoms with van der Waals surface area (Å²) in [5.41, 5.74) is 4.18. The fourth-order valence-corrected chi connectivity index (χ4v) is 3.96. The van der Waals surface area contributed by atoms with Gasteiger partial charge in [-0.2, -0.15) is 9.78 Å². The van der Waals surface area contributed by atoms with Gasteiger partial charge in [0.15, 0.2) is 0 Å². The predicted molar refractivity (Wildman–Crippen MR) is 120 cm³/mol. The van der Waals surface area contributed by atoms with Crippen molar-refractivity contribution < 1.29 is 9.53 Å². The zero-order chi connectivity index (χ0) is 21.3. The second kappa shape index (κ2) is 8.30. The summed E-state index contributed by atoms with van der Waals surface area (Å²) in [7, 11) is 1.51. The van der Waals surface area contributed by atoms with E-state index < -0.39 is 0 Å². The Morgan fingerprint density at radius 3 is 2.63 bits per heavy atom. The predicted octanol–water partition coefficient (Wildman–Crippen LogP) is 5.53. The van der Waals surface area contributed by atoms with Crippen LogP contribution in [0.15, 0.2) is 53.9 Å². The van der Waals surface area contributed by atoms with Crippen molar-refractivity contribution in [2.75, 3.05) is 12.4 Å². The minimum Gasteiger partial charge on any atom is -0.496 e. The summed E-state index contributed by atoms with van der Waals surface area (Å²) >= 11 is 7.52. The Hall–Kier alpha value is -3.16. The Morgan fingerprint density at radius 1 is 1.13 bits per heavy atom. The van der Waals surface area contributed by atoms with Crippen molar-refractivity contribution in [1.29, 1.82) is 0 Å². The minimum atomic E-state index is -0.342. The van der Waals surface area contributed by atoms with Gasteiger partial charge in [0.05, 0.1) is 24.1 Å². The van der Waals surface area contributed by atoms with Crippen LogP contribution in [0.3, 0.4) is 0 Å². The number of anilines is 1. The first-order chi connectivity index (χ1) is 14.4. The maximum absolute atomic E-state index is 12.9. The summed E-state index contributed by atoms with van der Waals surface area (Å²) in [6, 6.07) is 14.9. The first-order valence-corrected chi connectivity index (χ1v) is 10.4. The number of carbonyl (C=O) groups is 1. The normalized spacial score (nSPS) is 10.8. The van der Waals surface area contributed by atoms with Crippen LogP contribution in [0.1, 0.15) is 21.6 Å². The van der Waals surface area contributed by atoms with Gasteiger partial charge in [-0.3, -0.25) is 4.79 Å². The van der Waals surface area contributed by atoms with E-state index in [1.165, 1.54) is 24.0 Å². The Balaban J connectivity index is 1.65. The molecule has 30 heavy (non-hydrogen) atoms. The Labute approximate surface area is 183 Å². The lowest BCUT2D eigenvalue weighted by atomic mass is 10.1. The molecule has 152 valence electrons. The van der Waals surface area contributed by atoms with Crippen LogP contribution in [-0.2, 0) is 0 Å². The van der Waals surface area contributed by atoms with E-state index in [0.717, 1.165) is 17.0 Å². The molecule has 4 rings (SSSR count). The van der Waals surface area contributed by atoms with E-state index in [1.807, 2.05) is 31.4 Å². The molecule has 0 spiro atoms. The van der Waals surface area contributed by atoms with Gasteiger partial charge in [0.25, 0.3) is 5.91 Å². The second-order valence-corrected chi connectivity index (χ2v) is 8.04. The van der Waals surface area contributed by atoms with E-state index in [4.69, 9.17) is 21.3 Å². The molecule has 0 aliphatic rings. The highest BCUT2D eigenvalue weighted by Gasteiger charge is 2.18. The number of methoxy groups -OCH3 is 1. The van der Waals surface area contributed by atoms with Crippen LogP contribution in [0.4, 0.5) is 5.82 Å². The van der Waals surface area contributed by atoms with Gasteiger partial charge in [-0.1, -0.05) is 41.4 Å². The summed E-state index contributed by atoms with van der Waals surface area (Å²) < 4.78 is 6.92. The second-order valence-electron chi connectivity index (χ2n) is 6.76. The van der Waals surface area contributed by atoms with E-state index in [2.05, 4.69) is 22.5 Å². The molecule has 4 aromatic rings. The standard InChI is InChI=1S/C22H19ClN4O2S/c1-13-4-6-15(7-5-13)18-12-30-22(24-18)27-20(10-14(2)26-27)25-21(28)17-11-16(23)8-9-19(17)29-3/h4-12H,1-3H3,(H,25,28). The number of ether oxygens (including phenoxy) is 1. The van der Waals surface area contributed by atoms with Gasteiger partial charge in [0.1, 0.15) is 11.6 Å². The quantitative estimate of drug-likeness (QED) is 0.445. The largest absolute Gasteiger partial charge is 0.496 e. The zero-order valence-electron chi connectivity index (χ0n) is 16.6. The number of aromatic nitrogens is 3. The van der Waals surface area contributed by atoms with Crippen LogP contribution >= 0.6 is 22.9 Å². The molecule has 0 bridgehead atoms. The number of thiazole rings is 1. The lowest BCUT2D eigenvalue weighted by Crippen LogP contribution is -2.16. The molecular formula is C22H19ClN4O2S. The molecule has 1 N–H and O–H groups in total. The SMILES string of the molecule is COc1ccc(Cl)cc1C(=O)Nc1cc(C)nn1-c1nc(-c2ccc(C)cc2)cs1. The van der Waals surface area contributed by atoms with Gasteiger partial charge in [-0.05, 0) is 32.0 Å². The molecule has 0 saturated heterocycles. The molecule has 2 aromatic carbocycles. The molecule has 0 aliphatic carbocycles. The molecule has 2 heterocycles. The summed E-state index contributed by atoms with van der Waals surface area (Å²) in [5, 5.41) is 10.5. The number of halogens is 1. The Bertz CT molecular complexity index is 1210. The highest BCUT2D eigenvalue weighted by atomic mass is 35.5. The lowest BCUT2D eigenvalue weighted by molar-refractivity contribution is 0.102. The van der Waals surface area contributed by atoms with Crippen molar-refractivity contribution in [2.45, 2.75) is 13.8 Å². The molecule has 0 radical (unpaired) electrons. The molecular weight excluding hydrogens is 420 g/mol. The number of nitrogens with zero attached hydrogens (tertiary/aromatic N) is 3. The fourth-order valence-electron chi connectivity index (χ4n) is 2.99. The minimum absolute atomic E-state index is 0.342. The highest BCUT2D eigenvalue weighted by molar-refractivity contribution is 7.12. The monoisotopic (exact) mass is 438 g/mol. The molecule has 0 fully saturated rings. The van der Waals surface area contributed by atoms with E-state index in [9.17, 15) is 4.79 Å². The number of amides is 1. The number of benzene rings is 2. The zero-order valence-corrected chi connectivity index (χ0v) is 18.2. The fraction of sp³-hybridized carbons (Fsp3) is 0.136. The molecule has 2 aromatic heterocycles. The molecule has 1 amide bonds. The third kappa shape index (κ3) is 4.08. The lowest BCUT2D eigenvalue weighted by Gasteiger charge is -2.10. The number of rotatable bonds is 5. The molecule has 0 unspecified atom stereocenters. The van der Waals surface area contributed by atoms with Gasteiger partial charge >= 0.3 is 0 Å². The van der Waals surface area contributed by atoms with Crippen LogP contribution in [0.5, 0.6) is 5.75 Å². The third-order valence-electron chi connectivity index (χ3n) is 4.50. The van der Waals surface area contributed by atoms with Crippen molar-refractivity contribution in [3.05, 3.63) is 75.8 Å². The van der Waals surface area contributed by atoms with Crippen LogP contribution in [0.2, 0.25) is 5.02 Å². The number of aryl methyl sites for hydroxylation is 2. The average Bonchev–Trinajstić information content (AvgIpc) is 3.35. The smallest absolute Gasteiger partial charge is 0.260 e. The van der Waals surface area contributed by atoms with Crippen molar-refractivity contribution in [3.8, 4) is 22.1 Å².